The molecule has 0 saturated carbocycles. The van der Waals surface area contributed by atoms with Crippen LogP contribution in [0.5, 0.6) is 5.75 Å². The summed E-state index contributed by atoms with van der Waals surface area (Å²) in [4.78, 5) is 0. The smallest absolute Gasteiger partial charge is 0.407 e. The lowest BCUT2D eigenvalue weighted by Crippen LogP contribution is -2.30. The second kappa shape index (κ2) is 4.89. The van der Waals surface area contributed by atoms with Crippen molar-refractivity contribution in [2.75, 3.05) is 0 Å². The van der Waals surface area contributed by atoms with Crippen LogP contribution in [-0.2, 0) is 0 Å². The highest BCUT2D eigenvalue weighted by molar-refractivity contribution is 6.70. The van der Waals surface area contributed by atoms with Crippen molar-refractivity contribution in [2.45, 2.75) is 31.9 Å². The van der Waals surface area contributed by atoms with Gasteiger partial charge in [0.15, 0.2) is 0 Å². The van der Waals surface area contributed by atoms with E-state index in [1.807, 2.05) is 19.6 Å². The van der Waals surface area contributed by atoms with E-state index in [4.69, 9.17) is 10.2 Å². The molecule has 0 unspecified atom stereocenters. The van der Waals surface area contributed by atoms with E-state index in [1.54, 1.807) is 0 Å². The summed E-state index contributed by atoms with van der Waals surface area (Å²) in [7, 11) is -1.92. The maximum Gasteiger partial charge on any atom is 0.407 e. The minimum atomic E-state index is -4.66. The van der Waals surface area contributed by atoms with E-state index in [9.17, 15) is 17.6 Å². The van der Waals surface area contributed by atoms with Gasteiger partial charge in [0.1, 0.15) is 17.6 Å². The van der Waals surface area contributed by atoms with Gasteiger partial charge in [-0.1, -0.05) is 6.07 Å². The van der Waals surface area contributed by atoms with Crippen LogP contribution in [0.25, 0.3) is 0 Å². The van der Waals surface area contributed by atoms with E-state index in [1.165, 1.54) is 6.07 Å². The van der Waals surface area contributed by atoms with Crippen molar-refractivity contribution < 1.29 is 22.0 Å². The van der Waals surface area contributed by atoms with Crippen molar-refractivity contribution in [3.63, 3.8) is 0 Å². The first-order valence-corrected chi connectivity index (χ1v) is 8.72. The number of halogens is 4. The van der Waals surface area contributed by atoms with Crippen LogP contribution >= 0.6 is 0 Å². The highest BCUT2D eigenvalue weighted by Gasteiger charge is 2.39. The molecule has 0 heterocycles. The van der Waals surface area contributed by atoms with Gasteiger partial charge in [0, 0.05) is 11.6 Å². The van der Waals surface area contributed by atoms with Crippen LogP contribution in [0.15, 0.2) is 18.2 Å². The predicted molar refractivity (Wildman–Crippen MR) is 63.4 cm³/mol. The second-order valence-corrected chi connectivity index (χ2v) is 9.35. The van der Waals surface area contributed by atoms with Crippen molar-refractivity contribution in [1.29, 1.82) is 0 Å². The summed E-state index contributed by atoms with van der Waals surface area (Å²) in [5, 5.41) is 0. The number of nitrogens with two attached hydrogens (primary N) is 1. The highest BCUT2D eigenvalue weighted by Crippen LogP contribution is 2.33. The fraction of sp³-hybridized carbons (Fsp3) is 0.455. The minimum Gasteiger partial charge on any atom is -0.544 e. The zero-order valence-corrected chi connectivity index (χ0v) is 11.3. The maximum absolute atomic E-state index is 13.6. The first kappa shape index (κ1) is 15.0. The van der Waals surface area contributed by atoms with Gasteiger partial charge in [-0.3, -0.25) is 0 Å². The lowest BCUT2D eigenvalue weighted by molar-refractivity contribution is -0.149. The van der Waals surface area contributed by atoms with Crippen LogP contribution in [0.1, 0.15) is 11.6 Å². The quantitative estimate of drug-likeness (QED) is 0.678. The van der Waals surface area contributed by atoms with E-state index in [-0.39, 0.29) is 5.75 Å². The summed E-state index contributed by atoms with van der Waals surface area (Å²) in [5.74, 6) is -0.777. The molecule has 0 aliphatic carbocycles. The van der Waals surface area contributed by atoms with Gasteiger partial charge in [0.05, 0.1) is 0 Å². The van der Waals surface area contributed by atoms with E-state index in [0.29, 0.717) is 0 Å². The van der Waals surface area contributed by atoms with Gasteiger partial charge in [-0.05, 0) is 25.7 Å². The topological polar surface area (TPSA) is 35.2 Å². The average molecular weight is 281 g/mol. The Morgan fingerprint density at radius 3 is 2.17 bits per heavy atom. The SMILES string of the molecule is C[Si](C)(C)Oc1ccc([C@@H](N)C(F)(F)F)c(F)c1. The highest BCUT2D eigenvalue weighted by atomic mass is 28.4. The molecule has 2 nitrogen and oxygen atoms in total. The molecule has 1 rings (SSSR count). The van der Waals surface area contributed by atoms with Crippen LogP contribution in [0.4, 0.5) is 17.6 Å². The zero-order chi connectivity index (χ0) is 14.1. The third-order valence-electron chi connectivity index (χ3n) is 2.08. The van der Waals surface area contributed by atoms with Gasteiger partial charge in [0.2, 0.25) is 8.32 Å². The van der Waals surface area contributed by atoms with Gasteiger partial charge in [-0.25, -0.2) is 4.39 Å². The van der Waals surface area contributed by atoms with Crippen LogP contribution < -0.4 is 10.2 Å². The summed E-state index contributed by atoms with van der Waals surface area (Å²) < 4.78 is 56.2. The number of benzene rings is 1. The van der Waals surface area contributed by atoms with Gasteiger partial charge in [-0.2, -0.15) is 13.2 Å². The molecular formula is C11H15F4NOSi. The number of rotatable bonds is 3. The molecule has 102 valence electrons. The molecule has 1 aromatic rings. The Labute approximate surface area is 104 Å². The number of alkyl halides is 3. The summed E-state index contributed by atoms with van der Waals surface area (Å²) >= 11 is 0. The standard InChI is InChI=1S/C11H15F4NOSi/c1-18(2,3)17-7-4-5-8(9(12)6-7)10(16)11(13,14)15/h4-6,10H,16H2,1-3H3/t10-/m1/s1. The Kier molecular flexibility index (Phi) is 4.07. The number of hydrogen-bond acceptors (Lipinski definition) is 2. The molecule has 0 fully saturated rings. The van der Waals surface area contributed by atoms with Crippen molar-refractivity contribution in [3.8, 4) is 5.75 Å². The largest absolute Gasteiger partial charge is 0.544 e. The van der Waals surface area contributed by atoms with Crippen molar-refractivity contribution in [2.24, 2.45) is 5.73 Å². The Morgan fingerprint density at radius 2 is 1.78 bits per heavy atom. The molecule has 7 heteroatoms. The third kappa shape index (κ3) is 3.99. The molecule has 0 saturated heterocycles. The van der Waals surface area contributed by atoms with Gasteiger partial charge in [0.25, 0.3) is 0 Å². The van der Waals surface area contributed by atoms with E-state index in [0.717, 1.165) is 12.1 Å². The summed E-state index contributed by atoms with van der Waals surface area (Å²) in [6, 6.07) is 0.947. The maximum atomic E-state index is 13.6. The summed E-state index contributed by atoms with van der Waals surface area (Å²) in [6.07, 6.45) is -4.66. The van der Waals surface area contributed by atoms with Crippen molar-refractivity contribution in [3.05, 3.63) is 29.6 Å². The lowest BCUT2D eigenvalue weighted by Gasteiger charge is -2.21. The summed E-state index contributed by atoms with van der Waals surface area (Å²) in [5.41, 5.74) is 4.37. The summed E-state index contributed by atoms with van der Waals surface area (Å²) in [6.45, 7) is 5.67. The number of hydrogen-bond donors (Lipinski definition) is 1. The first-order chi connectivity index (χ1) is 8.00. The van der Waals surface area contributed by atoms with Crippen LogP contribution in [0, 0.1) is 5.82 Å². The predicted octanol–water partition coefficient (Wildman–Crippen LogP) is 3.60. The fourth-order valence-corrected chi connectivity index (χ4v) is 2.19. The van der Waals surface area contributed by atoms with Gasteiger partial charge in [-0.15, -0.1) is 0 Å². The molecule has 0 amide bonds. The van der Waals surface area contributed by atoms with Crippen LogP contribution in [0.2, 0.25) is 19.6 Å². The monoisotopic (exact) mass is 281 g/mol. The lowest BCUT2D eigenvalue weighted by atomic mass is 10.1. The molecule has 0 aromatic heterocycles. The van der Waals surface area contributed by atoms with E-state index < -0.39 is 31.9 Å². The fourth-order valence-electron chi connectivity index (χ4n) is 1.35. The molecule has 0 radical (unpaired) electrons. The van der Waals surface area contributed by atoms with Crippen molar-refractivity contribution >= 4 is 8.32 Å². The molecule has 0 aliphatic rings. The molecule has 18 heavy (non-hydrogen) atoms. The Balaban J connectivity index is 3.00. The Hall–Kier alpha value is -1.08. The van der Waals surface area contributed by atoms with Crippen molar-refractivity contribution in [1.82, 2.24) is 0 Å². The van der Waals surface area contributed by atoms with Crippen LogP contribution in [-0.4, -0.2) is 14.5 Å². The molecule has 1 atom stereocenters. The second-order valence-electron chi connectivity index (χ2n) is 4.92. The first-order valence-electron chi connectivity index (χ1n) is 5.31. The Bertz CT molecular complexity index is 428. The zero-order valence-electron chi connectivity index (χ0n) is 10.3. The Morgan fingerprint density at radius 1 is 1.22 bits per heavy atom. The van der Waals surface area contributed by atoms with Crippen LogP contribution in [0.3, 0.4) is 0 Å². The molecule has 2 N–H and O–H groups in total. The average Bonchev–Trinajstić information content (AvgIpc) is 2.12. The molecule has 0 aliphatic heterocycles. The molecular weight excluding hydrogens is 266 g/mol. The van der Waals surface area contributed by atoms with E-state index in [2.05, 4.69) is 0 Å². The minimum absolute atomic E-state index is 0.227. The third-order valence-corrected chi connectivity index (χ3v) is 2.93. The van der Waals surface area contributed by atoms with Gasteiger partial charge >= 0.3 is 6.18 Å². The normalized spacial score (nSPS) is 14.4. The molecule has 0 spiro atoms. The van der Waals surface area contributed by atoms with E-state index >= 15 is 0 Å². The molecule has 0 bridgehead atoms. The molecule has 1 aromatic carbocycles. The van der Waals surface area contributed by atoms with Gasteiger partial charge < -0.3 is 10.2 Å².